The van der Waals surface area contributed by atoms with Crippen molar-refractivity contribution < 1.29 is 13.9 Å². The number of pyridine rings is 1. The Kier molecular flexibility index (Phi) is 6.11. The van der Waals surface area contributed by atoms with Gasteiger partial charge in [-0.25, -0.2) is 9.37 Å². The molecule has 0 spiro atoms. The summed E-state index contributed by atoms with van der Waals surface area (Å²) in [5.41, 5.74) is 15.3. The molecule has 0 radical (unpaired) electrons. The average molecular weight is 523 g/mol. The molecule has 7 heteroatoms. The van der Waals surface area contributed by atoms with Gasteiger partial charge in [-0.1, -0.05) is 18.2 Å². The molecule has 0 unspecified atom stereocenters. The highest BCUT2D eigenvalue weighted by Gasteiger charge is 2.43. The molecule has 198 valence electrons. The Balaban J connectivity index is 1.27. The Labute approximate surface area is 227 Å². The van der Waals surface area contributed by atoms with E-state index in [9.17, 15) is 9.18 Å². The molecule has 6 nitrogen and oxygen atoms in total. The first-order chi connectivity index (χ1) is 18.7. The summed E-state index contributed by atoms with van der Waals surface area (Å²) in [6.45, 7) is 8.42. The second-order valence-electron chi connectivity index (χ2n) is 10.6. The van der Waals surface area contributed by atoms with Crippen molar-refractivity contribution in [1.29, 1.82) is 0 Å². The number of nitrogen functional groups attached to an aromatic ring is 1. The van der Waals surface area contributed by atoms with Gasteiger partial charge >= 0.3 is 0 Å². The normalized spacial score (nSPS) is 16.8. The number of nitrogens with one attached hydrogen (secondary N) is 1. The van der Waals surface area contributed by atoms with Crippen LogP contribution in [-0.2, 0) is 11.3 Å². The van der Waals surface area contributed by atoms with Crippen molar-refractivity contribution in [3.8, 4) is 0 Å². The maximum Gasteiger partial charge on any atom is 0.251 e. The zero-order valence-electron chi connectivity index (χ0n) is 22.5. The maximum absolute atomic E-state index is 14.0. The number of aromatic nitrogens is 1. The van der Waals surface area contributed by atoms with Gasteiger partial charge in [0.25, 0.3) is 5.91 Å². The molecule has 4 aromatic rings. The Morgan fingerprint density at radius 1 is 0.974 bits per heavy atom. The molecule has 2 aliphatic heterocycles. The largest absolute Gasteiger partial charge is 0.384 e. The van der Waals surface area contributed by atoms with Gasteiger partial charge in [0.15, 0.2) is 0 Å². The quantitative estimate of drug-likeness (QED) is 0.306. The number of nitrogens with two attached hydrogens (primary N) is 1. The minimum absolute atomic E-state index is 0.121. The van der Waals surface area contributed by atoms with E-state index in [1.807, 2.05) is 44.2 Å². The van der Waals surface area contributed by atoms with Crippen molar-refractivity contribution in [2.45, 2.75) is 52.5 Å². The molecule has 1 amide bonds. The van der Waals surface area contributed by atoms with Gasteiger partial charge in [0.05, 0.1) is 0 Å². The maximum atomic E-state index is 14.0. The first-order valence-electron chi connectivity index (χ1n) is 13.2. The fourth-order valence-electron chi connectivity index (χ4n) is 5.92. The van der Waals surface area contributed by atoms with Crippen LogP contribution >= 0.6 is 0 Å². The molecule has 0 fully saturated rings. The van der Waals surface area contributed by atoms with Crippen molar-refractivity contribution in [2.24, 2.45) is 0 Å². The summed E-state index contributed by atoms with van der Waals surface area (Å²) in [6, 6.07) is 20.7. The van der Waals surface area contributed by atoms with Crippen molar-refractivity contribution >= 4 is 23.1 Å². The van der Waals surface area contributed by atoms with Gasteiger partial charge in [0.1, 0.15) is 23.8 Å². The summed E-state index contributed by atoms with van der Waals surface area (Å²) in [7, 11) is 0. The standard InChI is InChI=1S/C32H31FN4O2/c1-17(2)37(22-7-5-6-21(33)14-22)23-9-11-25-27(15-23)31-26-13-20(8-10-24(26)30(25)39-31)32(38)35-16-28-18(3)12-29(34)36-19(28)4/h5-15,17,30-31H,16H2,1-4H3,(H2,34,36)(H,35,38)/t30-,31+/m1/s1. The first kappa shape index (κ1) is 25.1. The second-order valence-corrected chi connectivity index (χ2v) is 10.6. The molecular formula is C32H31FN4O2. The molecular weight excluding hydrogens is 491 g/mol. The van der Waals surface area contributed by atoms with Gasteiger partial charge in [-0.05, 0) is 110 Å². The van der Waals surface area contributed by atoms with Crippen LogP contribution in [-0.4, -0.2) is 16.9 Å². The van der Waals surface area contributed by atoms with Gasteiger partial charge in [-0.15, -0.1) is 0 Å². The molecule has 3 aromatic carbocycles. The third-order valence-electron chi connectivity index (χ3n) is 7.70. The molecule has 6 rings (SSSR count). The van der Waals surface area contributed by atoms with Crippen molar-refractivity contribution in [3.05, 3.63) is 117 Å². The van der Waals surface area contributed by atoms with Crippen LogP contribution in [0, 0.1) is 19.7 Å². The highest BCUT2D eigenvalue weighted by atomic mass is 19.1. The van der Waals surface area contributed by atoms with Crippen LogP contribution in [0.4, 0.5) is 21.6 Å². The van der Waals surface area contributed by atoms with Gasteiger partial charge in [0, 0.05) is 35.2 Å². The Morgan fingerprint density at radius 2 is 1.67 bits per heavy atom. The number of fused-ring (bicyclic) bond motifs is 8. The lowest BCUT2D eigenvalue weighted by Gasteiger charge is -2.30. The SMILES string of the molecule is Cc1cc(N)nc(C)c1CNC(=O)c1ccc2c(c1)[C@@H]1O[C@H]2c2ccc(N(c3cccc(F)c3)C(C)C)cc21. The van der Waals surface area contributed by atoms with E-state index >= 15 is 0 Å². The van der Waals surface area contributed by atoms with Crippen LogP contribution in [0.3, 0.4) is 0 Å². The predicted molar refractivity (Wildman–Crippen MR) is 151 cm³/mol. The zero-order chi connectivity index (χ0) is 27.4. The number of halogens is 1. The van der Waals surface area contributed by atoms with E-state index in [-0.39, 0.29) is 30.0 Å². The summed E-state index contributed by atoms with van der Waals surface area (Å²) in [6.07, 6.45) is -0.404. The van der Waals surface area contributed by atoms with E-state index in [1.165, 1.54) is 6.07 Å². The third-order valence-corrected chi connectivity index (χ3v) is 7.70. The Bertz CT molecular complexity index is 1590. The monoisotopic (exact) mass is 522 g/mol. The summed E-state index contributed by atoms with van der Waals surface area (Å²) in [5, 5.41) is 3.03. The first-order valence-corrected chi connectivity index (χ1v) is 13.2. The van der Waals surface area contributed by atoms with Crippen LogP contribution < -0.4 is 16.0 Å². The molecule has 3 heterocycles. The topological polar surface area (TPSA) is 80.5 Å². The number of nitrogens with zero attached hydrogens (tertiary/aromatic N) is 2. The molecule has 2 aliphatic rings. The van der Waals surface area contributed by atoms with Crippen LogP contribution in [0.25, 0.3) is 0 Å². The van der Waals surface area contributed by atoms with Crippen LogP contribution in [0.1, 0.15) is 75.5 Å². The fraction of sp³-hybridized carbons (Fsp3) is 0.250. The predicted octanol–water partition coefficient (Wildman–Crippen LogP) is 6.42. The summed E-state index contributed by atoms with van der Waals surface area (Å²) >= 11 is 0. The third kappa shape index (κ3) is 4.33. The zero-order valence-corrected chi connectivity index (χ0v) is 22.5. The van der Waals surface area contributed by atoms with E-state index in [1.54, 1.807) is 12.1 Å². The van der Waals surface area contributed by atoms with E-state index in [2.05, 4.69) is 47.2 Å². The minimum atomic E-state index is -0.264. The minimum Gasteiger partial charge on any atom is -0.384 e. The Hall–Kier alpha value is -4.23. The number of ether oxygens (including phenoxy) is 1. The fourth-order valence-corrected chi connectivity index (χ4v) is 5.92. The lowest BCUT2D eigenvalue weighted by molar-refractivity contribution is 0.0857. The molecule has 0 saturated carbocycles. The van der Waals surface area contributed by atoms with Crippen LogP contribution in [0.2, 0.25) is 0 Å². The molecule has 3 N–H and O–H groups in total. The lowest BCUT2D eigenvalue weighted by atomic mass is 9.84. The molecule has 39 heavy (non-hydrogen) atoms. The summed E-state index contributed by atoms with van der Waals surface area (Å²) in [5.74, 6) is 0.0614. The number of hydrogen-bond donors (Lipinski definition) is 2. The van der Waals surface area contributed by atoms with Crippen molar-refractivity contribution in [2.75, 3.05) is 10.6 Å². The van der Waals surface area contributed by atoms with E-state index in [4.69, 9.17) is 10.5 Å². The van der Waals surface area contributed by atoms with Crippen LogP contribution in [0.15, 0.2) is 66.7 Å². The van der Waals surface area contributed by atoms with Gasteiger partial charge in [-0.2, -0.15) is 0 Å². The number of carbonyl (C=O) groups excluding carboxylic acids is 1. The van der Waals surface area contributed by atoms with Crippen molar-refractivity contribution in [3.63, 3.8) is 0 Å². The number of benzene rings is 3. The summed E-state index contributed by atoms with van der Waals surface area (Å²) < 4.78 is 20.4. The molecule has 2 atom stereocenters. The van der Waals surface area contributed by atoms with Gasteiger partial charge < -0.3 is 20.7 Å². The van der Waals surface area contributed by atoms with E-state index < -0.39 is 0 Å². The second kappa shape index (κ2) is 9.50. The highest BCUT2D eigenvalue weighted by Crippen LogP contribution is 2.55. The molecule has 2 bridgehead atoms. The van der Waals surface area contributed by atoms with Gasteiger partial charge in [0.2, 0.25) is 0 Å². The number of anilines is 3. The molecule has 1 aromatic heterocycles. The number of rotatable bonds is 6. The molecule has 0 saturated heterocycles. The average Bonchev–Trinajstić information content (AvgIpc) is 3.45. The van der Waals surface area contributed by atoms with Crippen LogP contribution in [0.5, 0.6) is 0 Å². The Morgan fingerprint density at radius 3 is 2.38 bits per heavy atom. The smallest absolute Gasteiger partial charge is 0.251 e. The number of carbonyl (C=O) groups is 1. The molecule has 0 aliphatic carbocycles. The van der Waals surface area contributed by atoms with E-state index in [0.717, 1.165) is 50.4 Å². The summed E-state index contributed by atoms with van der Waals surface area (Å²) in [4.78, 5) is 19.6. The lowest BCUT2D eigenvalue weighted by Crippen LogP contribution is -2.26. The number of hydrogen-bond acceptors (Lipinski definition) is 5. The van der Waals surface area contributed by atoms with Gasteiger partial charge in [-0.3, -0.25) is 4.79 Å². The highest BCUT2D eigenvalue weighted by molar-refractivity contribution is 5.94. The van der Waals surface area contributed by atoms with E-state index in [0.29, 0.717) is 17.9 Å². The number of aryl methyl sites for hydroxylation is 2. The number of amides is 1. The van der Waals surface area contributed by atoms with Crippen molar-refractivity contribution in [1.82, 2.24) is 10.3 Å².